The van der Waals surface area contributed by atoms with Gasteiger partial charge in [0.2, 0.25) is 5.91 Å². The van der Waals surface area contributed by atoms with Crippen LogP contribution < -0.4 is 4.90 Å². The highest BCUT2D eigenvalue weighted by atomic mass is 16.2. The van der Waals surface area contributed by atoms with Gasteiger partial charge in [-0.1, -0.05) is 37.5 Å². The zero-order valence-corrected chi connectivity index (χ0v) is 16.4. The Balaban J connectivity index is 1.53. The van der Waals surface area contributed by atoms with Gasteiger partial charge in [0.05, 0.1) is 12.6 Å². The molecule has 2 fully saturated rings. The van der Waals surface area contributed by atoms with Crippen molar-refractivity contribution in [1.29, 1.82) is 0 Å². The van der Waals surface area contributed by atoms with E-state index in [0.29, 0.717) is 18.6 Å². The van der Waals surface area contributed by atoms with Crippen LogP contribution in [0.5, 0.6) is 0 Å². The fraction of sp³-hybridized carbons (Fsp3) is 0.522. The van der Waals surface area contributed by atoms with Crippen molar-refractivity contribution in [2.75, 3.05) is 18.0 Å². The van der Waals surface area contributed by atoms with Gasteiger partial charge >= 0.3 is 0 Å². The second kappa shape index (κ2) is 8.30. The molecule has 4 nitrogen and oxygen atoms in total. The number of hydrogen-bond donors (Lipinski definition) is 0. The maximum atomic E-state index is 13.5. The van der Waals surface area contributed by atoms with Gasteiger partial charge in [-0.2, -0.15) is 0 Å². The molecule has 0 unspecified atom stereocenters. The molecule has 4 rings (SSSR count). The van der Waals surface area contributed by atoms with Gasteiger partial charge < -0.3 is 9.47 Å². The lowest BCUT2D eigenvalue weighted by Crippen LogP contribution is -2.46. The Morgan fingerprint density at radius 1 is 1.00 bits per heavy atom. The summed E-state index contributed by atoms with van der Waals surface area (Å²) in [7, 11) is 2.10. The highest BCUT2D eigenvalue weighted by Gasteiger charge is 2.33. The molecular weight excluding hydrogens is 334 g/mol. The first-order valence-electron chi connectivity index (χ1n) is 10.5. The van der Waals surface area contributed by atoms with E-state index in [1.54, 1.807) is 0 Å². The van der Waals surface area contributed by atoms with E-state index in [2.05, 4.69) is 51.9 Å². The maximum absolute atomic E-state index is 13.5. The molecule has 1 aromatic carbocycles. The summed E-state index contributed by atoms with van der Waals surface area (Å²) in [6.45, 7) is 1.52. The molecule has 4 heteroatoms. The molecule has 1 aliphatic heterocycles. The normalized spacial score (nSPS) is 21.4. The van der Waals surface area contributed by atoms with Gasteiger partial charge in [-0.25, -0.2) is 0 Å². The van der Waals surface area contributed by atoms with Crippen molar-refractivity contribution >= 4 is 11.6 Å². The van der Waals surface area contributed by atoms with E-state index in [9.17, 15) is 4.79 Å². The van der Waals surface area contributed by atoms with Crippen LogP contribution >= 0.6 is 0 Å². The van der Waals surface area contributed by atoms with Gasteiger partial charge in [-0.05, 0) is 56.5 Å². The Bertz CT molecular complexity index is 748. The number of hydrogen-bond acceptors (Lipinski definition) is 2. The van der Waals surface area contributed by atoms with Gasteiger partial charge in [0.25, 0.3) is 0 Å². The number of benzene rings is 1. The predicted molar refractivity (Wildman–Crippen MR) is 110 cm³/mol. The van der Waals surface area contributed by atoms with Crippen molar-refractivity contribution < 1.29 is 4.79 Å². The van der Waals surface area contributed by atoms with Crippen molar-refractivity contribution in [3.05, 3.63) is 54.4 Å². The predicted octanol–water partition coefficient (Wildman–Crippen LogP) is 4.53. The Labute approximate surface area is 162 Å². The van der Waals surface area contributed by atoms with Crippen molar-refractivity contribution in [3.63, 3.8) is 0 Å². The molecule has 0 spiro atoms. The number of aromatic nitrogens is 1. The summed E-state index contributed by atoms with van der Waals surface area (Å²) in [6, 6.07) is 15.3. The number of likely N-dealkylation sites (tertiary alicyclic amines) is 1. The molecule has 2 aromatic rings. The Hall–Kier alpha value is -2.07. The van der Waals surface area contributed by atoms with Gasteiger partial charge in [-0.3, -0.25) is 9.69 Å². The molecule has 1 atom stereocenters. The summed E-state index contributed by atoms with van der Waals surface area (Å²) in [6.07, 6.45) is 10.4. The molecule has 1 aliphatic carbocycles. The summed E-state index contributed by atoms with van der Waals surface area (Å²) < 4.78 is 2.20. The minimum atomic E-state index is 0.259. The van der Waals surface area contributed by atoms with Crippen molar-refractivity contribution in [1.82, 2.24) is 9.47 Å². The van der Waals surface area contributed by atoms with Gasteiger partial charge in [-0.15, -0.1) is 0 Å². The highest BCUT2D eigenvalue weighted by Crippen LogP contribution is 2.33. The van der Waals surface area contributed by atoms with E-state index in [0.717, 1.165) is 37.9 Å². The highest BCUT2D eigenvalue weighted by molar-refractivity contribution is 5.95. The van der Waals surface area contributed by atoms with Crippen molar-refractivity contribution in [2.24, 2.45) is 7.05 Å². The van der Waals surface area contributed by atoms with Crippen LogP contribution in [-0.2, 0) is 11.8 Å². The average Bonchev–Trinajstić information content (AvgIpc) is 3.32. The smallest absolute Gasteiger partial charge is 0.241 e. The lowest BCUT2D eigenvalue weighted by Gasteiger charge is -2.36. The molecule has 0 bridgehead atoms. The van der Waals surface area contributed by atoms with Crippen molar-refractivity contribution in [2.45, 2.75) is 57.0 Å². The fourth-order valence-corrected chi connectivity index (χ4v) is 4.91. The Morgan fingerprint density at radius 3 is 2.48 bits per heavy atom. The topological polar surface area (TPSA) is 28.5 Å². The third kappa shape index (κ3) is 3.96. The monoisotopic (exact) mass is 365 g/mol. The molecule has 1 aromatic heterocycles. The maximum Gasteiger partial charge on any atom is 0.241 e. The fourth-order valence-electron chi connectivity index (χ4n) is 4.91. The molecule has 1 saturated carbocycles. The lowest BCUT2D eigenvalue weighted by molar-refractivity contribution is -0.120. The van der Waals surface area contributed by atoms with E-state index >= 15 is 0 Å². The SMILES string of the molecule is Cn1cccc1[C@H]1CCCN1CC(=O)N(c1ccccc1)C1CCCCC1. The van der Waals surface area contributed by atoms with E-state index in [-0.39, 0.29) is 5.91 Å². The van der Waals surface area contributed by atoms with Gasteiger partial charge in [0, 0.05) is 30.7 Å². The first kappa shape index (κ1) is 18.3. The van der Waals surface area contributed by atoms with Crippen LogP contribution in [-0.4, -0.2) is 34.5 Å². The number of anilines is 1. The standard InChI is InChI=1S/C23H31N3O/c1-24-16-8-14-21(24)22-15-9-17-25(22)18-23(27)26(19-10-4-2-5-11-19)20-12-6-3-7-13-20/h2,4-5,8,10-11,14,16,20,22H,3,6-7,9,12-13,15,17-18H2,1H3/t22-/m1/s1. The molecule has 0 N–H and O–H groups in total. The summed E-state index contributed by atoms with van der Waals surface area (Å²) >= 11 is 0. The average molecular weight is 366 g/mol. The zero-order valence-electron chi connectivity index (χ0n) is 16.4. The second-order valence-corrected chi connectivity index (χ2v) is 8.06. The van der Waals surface area contributed by atoms with Crippen molar-refractivity contribution in [3.8, 4) is 0 Å². The number of rotatable bonds is 5. The molecule has 1 saturated heterocycles. The zero-order chi connectivity index (χ0) is 18.6. The minimum Gasteiger partial charge on any atom is -0.353 e. The Kier molecular flexibility index (Phi) is 5.63. The Morgan fingerprint density at radius 2 is 1.78 bits per heavy atom. The first-order chi connectivity index (χ1) is 13.2. The van der Waals surface area contributed by atoms with E-state index in [1.807, 2.05) is 18.2 Å². The van der Waals surface area contributed by atoms with Crippen LogP contribution in [0.1, 0.15) is 56.7 Å². The quantitative estimate of drug-likeness (QED) is 0.779. The van der Waals surface area contributed by atoms with Crippen LogP contribution in [0.4, 0.5) is 5.69 Å². The third-order valence-electron chi connectivity index (χ3n) is 6.27. The van der Waals surface area contributed by atoms with E-state index < -0.39 is 0 Å². The number of amides is 1. The number of carbonyl (C=O) groups is 1. The summed E-state index contributed by atoms with van der Waals surface area (Å²) in [4.78, 5) is 18.0. The molecule has 0 radical (unpaired) electrons. The first-order valence-corrected chi connectivity index (χ1v) is 10.5. The molecule has 2 aliphatic rings. The summed E-state index contributed by atoms with van der Waals surface area (Å²) in [5.41, 5.74) is 2.38. The van der Waals surface area contributed by atoms with Crippen LogP contribution in [0.3, 0.4) is 0 Å². The van der Waals surface area contributed by atoms with E-state index in [1.165, 1.54) is 25.0 Å². The second-order valence-electron chi connectivity index (χ2n) is 8.06. The van der Waals surface area contributed by atoms with Crippen LogP contribution in [0.15, 0.2) is 48.7 Å². The van der Waals surface area contributed by atoms with Gasteiger partial charge in [0.1, 0.15) is 0 Å². The number of carbonyl (C=O) groups excluding carboxylic acids is 1. The number of para-hydroxylation sites is 1. The van der Waals surface area contributed by atoms with Gasteiger partial charge in [0.15, 0.2) is 0 Å². The molecule has 1 amide bonds. The number of nitrogens with zero attached hydrogens (tertiary/aromatic N) is 3. The molecule has 27 heavy (non-hydrogen) atoms. The van der Waals surface area contributed by atoms with Crippen LogP contribution in [0.2, 0.25) is 0 Å². The molecule has 2 heterocycles. The van der Waals surface area contributed by atoms with Crippen LogP contribution in [0, 0.1) is 0 Å². The molecule has 144 valence electrons. The minimum absolute atomic E-state index is 0.259. The van der Waals surface area contributed by atoms with E-state index in [4.69, 9.17) is 0 Å². The third-order valence-corrected chi connectivity index (χ3v) is 6.27. The molecular formula is C23H31N3O. The largest absolute Gasteiger partial charge is 0.353 e. The number of aryl methyl sites for hydroxylation is 1. The lowest BCUT2D eigenvalue weighted by atomic mass is 9.93. The summed E-state index contributed by atoms with van der Waals surface area (Å²) in [5, 5.41) is 0. The summed E-state index contributed by atoms with van der Waals surface area (Å²) in [5.74, 6) is 0.259. The van der Waals surface area contributed by atoms with Crippen LogP contribution in [0.25, 0.3) is 0 Å².